The van der Waals surface area contributed by atoms with Gasteiger partial charge in [0.1, 0.15) is 0 Å². The van der Waals surface area contributed by atoms with Crippen LogP contribution < -0.4 is 11.3 Å². The molecule has 0 radical (unpaired) electrons. The molecule has 0 aromatic heterocycles. The van der Waals surface area contributed by atoms with Crippen LogP contribution in [-0.2, 0) is 5.41 Å². The molecule has 0 amide bonds. The maximum atomic E-state index is 5.89. The lowest BCUT2D eigenvalue weighted by atomic mass is 9.83. The Labute approximate surface area is 130 Å². The number of hydrogen-bond acceptors (Lipinski definition) is 3. The fraction of sp³-hybridized carbons (Fsp3) is 0.667. The highest BCUT2D eigenvalue weighted by Crippen LogP contribution is 2.32. The van der Waals surface area contributed by atoms with Crippen LogP contribution in [0.15, 0.2) is 24.3 Å². The van der Waals surface area contributed by atoms with Crippen LogP contribution in [-0.4, -0.2) is 23.5 Å². The minimum absolute atomic E-state index is 0.0402. The predicted molar refractivity (Wildman–Crippen MR) is 92.2 cm³/mol. The topological polar surface area (TPSA) is 41.3 Å². The first-order valence-corrected chi connectivity index (χ1v) is 8.00. The van der Waals surface area contributed by atoms with Crippen LogP contribution in [0.3, 0.4) is 0 Å². The molecule has 21 heavy (non-hydrogen) atoms. The molecule has 1 aromatic carbocycles. The fourth-order valence-corrected chi connectivity index (χ4v) is 3.10. The summed E-state index contributed by atoms with van der Waals surface area (Å²) in [5.41, 5.74) is 5.75. The zero-order valence-corrected chi connectivity index (χ0v) is 14.8. The van der Waals surface area contributed by atoms with Gasteiger partial charge in [0.2, 0.25) is 0 Å². The van der Waals surface area contributed by atoms with E-state index in [1.807, 2.05) is 0 Å². The van der Waals surface area contributed by atoms with Crippen molar-refractivity contribution in [3.05, 3.63) is 35.4 Å². The zero-order chi connectivity index (χ0) is 16.3. The Bertz CT molecular complexity index is 425. The molecule has 0 aliphatic rings. The molecule has 0 saturated carbocycles. The SMILES string of the molecule is CCN(CC)C(C)(C)C(NN)c1ccc(C(C)(C)C)cc1. The van der Waals surface area contributed by atoms with Gasteiger partial charge in [0.15, 0.2) is 0 Å². The first kappa shape index (κ1) is 18.1. The Morgan fingerprint density at radius 1 is 1.00 bits per heavy atom. The number of rotatable bonds is 6. The van der Waals surface area contributed by atoms with Crippen molar-refractivity contribution in [3.8, 4) is 0 Å². The van der Waals surface area contributed by atoms with Crippen molar-refractivity contribution in [2.75, 3.05) is 13.1 Å². The maximum Gasteiger partial charge on any atom is 0.0638 e. The summed E-state index contributed by atoms with van der Waals surface area (Å²) in [5, 5.41) is 0. The van der Waals surface area contributed by atoms with Gasteiger partial charge in [-0.1, -0.05) is 58.9 Å². The molecule has 0 heterocycles. The molecule has 3 nitrogen and oxygen atoms in total. The molecule has 0 bridgehead atoms. The molecule has 120 valence electrons. The van der Waals surface area contributed by atoms with Gasteiger partial charge in [-0.3, -0.25) is 16.2 Å². The Kier molecular flexibility index (Phi) is 5.97. The third kappa shape index (κ3) is 4.06. The van der Waals surface area contributed by atoms with Crippen molar-refractivity contribution in [2.24, 2.45) is 5.84 Å². The normalized spacial score (nSPS) is 14.5. The Hall–Kier alpha value is -0.900. The third-order valence-corrected chi connectivity index (χ3v) is 4.56. The van der Waals surface area contributed by atoms with E-state index in [2.05, 4.69) is 83.1 Å². The van der Waals surface area contributed by atoms with Crippen LogP contribution in [0.4, 0.5) is 0 Å². The molecule has 0 aliphatic carbocycles. The van der Waals surface area contributed by atoms with Crippen LogP contribution in [0.2, 0.25) is 0 Å². The molecule has 3 heteroatoms. The number of likely N-dealkylation sites (N-methyl/N-ethyl adjacent to an activating group) is 1. The van der Waals surface area contributed by atoms with Crippen LogP contribution in [0.1, 0.15) is 65.6 Å². The monoisotopic (exact) mass is 291 g/mol. The van der Waals surface area contributed by atoms with Crippen molar-refractivity contribution >= 4 is 0 Å². The summed E-state index contributed by atoms with van der Waals surface area (Å²) < 4.78 is 0. The average Bonchev–Trinajstić information content (AvgIpc) is 2.39. The summed E-state index contributed by atoms with van der Waals surface area (Å²) in [4.78, 5) is 2.44. The molecular weight excluding hydrogens is 258 g/mol. The van der Waals surface area contributed by atoms with E-state index in [0.29, 0.717) is 0 Å². The number of nitrogens with two attached hydrogens (primary N) is 1. The highest BCUT2D eigenvalue weighted by molar-refractivity contribution is 5.30. The van der Waals surface area contributed by atoms with E-state index >= 15 is 0 Å². The molecule has 0 spiro atoms. The van der Waals surface area contributed by atoms with Gasteiger partial charge in [0.25, 0.3) is 0 Å². The Morgan fingerprint density at radius 2 is 1.48 bits per heavy atom. The minimum atomic E-state index is -0.0402. The molecule has 1 unspecified atom stereocenters. The van der Waals surface area contributed by atoms with E-state index < -0.39 is 0 Å². The second kappa shape index (κ2) is 6.91. The summed E-state index contributed by atoms with van der Waals surface area (Å²) in [6.07, 6.45) is 0. The van der Waals surface area contributed by atoms with Crippen molar-refractivity contribution in [1.29, 1.82) is 0 Å². The van der Waals surface area contributed by atoms with Gasteiger partial charge < -0.3 is 0 Å². The van der Waals surface area contributed by atoms with E-state index in [-0.39, 0.29) is 17.0 Å². The lowest BCUT2D eigenvalue weighted by molar-refractivity contribution is 0.0912. The van der Waals surface area contributed by atoms with Crippen LogP contribution in [0.5, 0.6) is 0 Å². The average molecular weight is 291 g/mol. The van der Waals surface area contributed by atoms with Crippen molar-refractivity contribution < 1.29 is 0 Å². The van der Waals surface area contributed by atoms with Crippen molar-refractivity contribution in [3.63, 3.8) is 0 Å². The van der Waals surface area contributed by atoms with Gasteiger partial charge >= 0.3 is 0 Å². The van der Waals surface area contributed by atoms with E-state index in [0.717, 1.165) is 13.1 Å². The third-order valence-electron chi connectivity index (χ3n) is 4.56. The number of nitrogens with one attached hydrogen (secondary N) is 1. The first-order chi connectivity index (χ1) is 9.68. The van der Waals surface area contributed by atoms with Crippen LogP contribution in [0, 0.1) is 0 Å². The molecule has 1 aromatic rings. The van der Waals surface area contributed by atoms with Crippen LogP contribution >= 0.6 is 0 Å². The van der Waals surface area contributed by atoms with Crippen molar-refractivity contribution in [2.45, 2.75) is 65.5 Å². The second-order valence-electron chi connectivity index (χ2n) is 7.30. The molecular formula is C18H33N3. The van der Waals surface area contributed by atoms with E-state index in [4.69, 9.17) is 5.84 Å². The smallest absolute Gasteiger partial charge is 0.0638 e. The fourth-order valence-electron chi connectivity index (χ4n) is 3.10. The Balaban J connectivity index is 3.10. The minimum Gasteiger partial charge on any atom is -0.297 e. The number of nitrogens with zero attached hydrogens (tertiary/aromatic N) is 1. The standard InChI is InChI=1S/C18H33N3/c1-8-21(9-2)18(6,7)16(20-19)14-10-12-15(13-11-14)17(3,4)5/h10-13,16,20H,8-9,19H2,1-7H3. The Morgan fingerprint density at radius 3 is 1.81 bits per heavy atom. The maximum absolute atomic E-state index is 5.89. The number of benzene rings is 1. The molecule has 1 atom stereocenters. The molecule has 3 N–H and O–H groups in total. The van der Waals surface area contributed by atoms with Crippen molar-refractivity contribution in [1.82, 2.24) is 10.3 Å². The van der Waals surface area contributed by atoms with Gasteiger partial charge in [-0.25, -0.2) is 0 Å². The second-order valence-corrected chi connectivity index (χ2v) is 7.30. The summed E-state index contributed by atoms with van der Waals surface area (Å²) in [7, 11) is 0. The van der Waals surface area contributed by atoms with Gasteiger partial charge in [-0.05, 0) is 43.5 Å². The first-order valence-electron chi connectivity index (χ1n) is 8.00. The van der Waals surface area contributed by atoms with E-state index in [1.165, 1.54) is 11.1 Å². The molecule has 1 rings (SSSR count). The summed E-state index contributed by atoms with van der Waals surface area (Å²) in [6.45, 7) is 17.6. The summed E-state index contributed by atoms with van der Waals surface area (Å²) in [6, 6.07) is 8.95. The van der Waals surface area contributed by atoms with E-state index in [9.17, 15) is 0 Å². The molecule has 0 fully saturated rings. The van der Waals surface area contributed by atoms with Crippen LogP contribution in [0.25, 0.3) is 0 Å². The predicted octanol–water partition coefficient (Wildman–Crippen LogP) is 3.61. The summed E-state index contributed by atoms with van der Waals surface area (Å²) in [5.74, 6) is 5.89. The van der Waals surface area contributed by atoms with Gasteiger partial charge in [0, 0.05) is 5.54 Å². The van der Waals surface area contributed by atoms with Gasteiger partial charge in [0.05, 0.1) is 6.04 Å². The largest absolute Gasteiger partial charge is 0.297 e. The number of hydrogen-bond donors (Lipinski definition) is 2. The van der Waals surface area contributed by atoms with E-state index in [1.54, 1.807) is 0 Å². The lowest BCUT2D eigenvalue weighted by Crippen LogP contribution is -2.54. The quantitative estimate of drug-likeness (QED) is 0.621. The lowest BCUT2D eigenvalue weighted by Gasteiger charge is -2.43. The zero-order valence-electron chi connectivity index (χ0n) is 14.8. The highest BCUT2D eigenvalue weighted by atomic mass is 15.3. The summed E-state index contributed by atoms with van der Waals surface area (Å²) >= 11 is 0. The van der Waals surface area contributed by atoms with Gasteiger partial charge in [-0.2, -0.15) is 0 Å². The van der Waals surface area contributed by atoms with Gasteiger partial charge in [-0.15, -0.1) is 0 Å². The number of hydrazine groups is 1. The highest BCUT2D eigenvalue weighted by Gasteiger charge is 2.34. The molecule has 0 saturated heterocycles. The molecule has 0 aliphatic heterocycles.